The van der Waals surface area contributed by atoms with Crippen LogP contribution >= 0.6 is 0 Å². The Balaban J connectivity index is 4.59. The van der Waals surface area contributed by atoms with Gasteiger partial charge < -0.3 is 4.74 Å². The number of nitrogens with zero attached hydrogens (tertiary/aromatic N) is 1. The molecular formula is C9H13NO2. The fourth-order valence-electron chi connectivity index (χ4n) is 0.695. The highest BCUT2D eigenvalue weighted by atomic mass is 16.5. The predicted octanol–water partition coefficient (Wildman–Crippen LogP) is 1.80. The summed E-state index contributed by atoms with van der Waals surface area (Å²) in [6.07, 6.45) is 0.696. The fraction of sp³-hybridized carbons (Fsp3) is 0.556. The summed E-state index contributed by atoms with van der Waals surface area (Å²) in [5, 5.41) is 8.62. The molecule has 0 amide bonds. The van der Waals surface area contributed by atoms with Gasteiger partial charge in [0.05, 0.1) is 6.61 Å². The minimum Gasteiger partial charge on any atom is -0.462 e. The summed E-state index contributed by atoms with van der Waals surface area (Å²) >= 11 is 0. The molecule has 0 aromatic heterocycles. The lowest BCUT2D eigenvalue weighted by atomic mass is 10.1. The number of carbonyl (C=O) groups excluding carboxylic acids is 1. The van der Waals surface area contributed by atoms with Gasteiger partial charge in [-0.2, -0.15) is 5.26 Å². The molecule has 0 aliphatic rings. The van der Waals surface area contributed by atoms with Crippen LogP contribution in [0.4, 0.5) is 0 Å². The van der Waals surface area contributed by atoms with E-state index in [1.165, 1.54) is 0 Å². The highest BCUT2D eigenvalue weighted by Gasteiger charge is 2.11. The lowest BCUT2D eigenvalue weighted by molar-refractivity contribution is -0.138. The van der Waals surface area contributed by atoms with Gasteiger partial charge in [-0.05, 0) is 25.8 Å². The third-order valence-corrected chi connectivity index (χ3v) is 1.55. The maximum atomic E-state index is 11.1. The van der Waals surface area contributed by atoms with Crippen molar-refractivity contribution in [2.45, 2.75) is 27.2 Å². The van der Waals surface area contributed by atoms with E-state index in [9.17, 15) is 4.79 Å². The summed E-state index contributed by atoms with van der Waals surface area (Å²) in [7, 11) is 0. The first-order valence-electron chi connectivity index (χ1n) is 3.94. The Morgan fingerprint density at radius 3 is 2.42 bits per heavy atom. The molecule has 0 bridgehead atoms. The van der Waals surface area contributed by atoms with Gasteiger partial charge in [-0.3, -0.25) is 0 Å². The molecule has 66 valence electrons. The number of hydrogen-bond donors (Lipinski definition) is 0. The first-order valence-corrected chi connectivity index (χ1v) is 3.94. The number of esters is 1. The molecule has 3 heteroatoms. The molecule has 0 radical (unpaired) electrons. The molecule has 3 nitrogen and oxygen atoms in total. The van der Waals surface area contributed by atoms with Gasteiger partial charge in [0.2, 0.25) is 0 Å². The van der Waals surface area contributed by atoms with E-state index in [1.54, 1.807) is 13.8 Å². The number of hydrogen-bond acceptors (Lipinski definition) is 3. The Morgan fingerprint density at radius 2 is 2.08 bits per heavy atom. The van der Waals surface area contributed by atoms with E-state index >= 15 is 0 Å². The van der Waals surface area contributed by atoms with Crippen LogP contribution in [0.5, 0.6) is 0 Å². The number of carbonyl (C=O) groups is 1. The Morgan fingerprint density at radius 1 is 1.50 bits per heavy atom. The molecule has 0 atom stereocenters. The Kier molecular flexibility index (Phi) is 4.78. The zero-order chi connectivity index (χ0) is 9.56. The summed E-state index contributed by atoms with van der Waals surface area (Å²) in [5.41, 5.74) is 0.912. The van der Waals surface area contributed by atoms with Gasteiger partial charge in [-0.15, -0.1) is 0 Å². The second-order valence-corrected chi connectivity index (χ2v) is 2.34. The molecule has 12 heavy (non-hydrogen) atoms. The Hall–Kier alpha value is -1.30. The molecule has 0 fully saturated rings. The van der Waals surface area contributed by atoms with E-state index in [1.807, 2.05) is 13.0 Å². The molecule has 0 N–H and O–H groups in total. The molecule has 0 aliphatic carbocycles. The van der Waals surface area contributed by atoms with E-state index < -0.39 is 5.97 Å². The van der Waals surface area contributed by atoms with E-state index in [0.29, 0.717) is 13.0 Å². The molecule has 0 unspecified atom stereocenters. The van der Waals surface area contributed by atoms with Crippen LogP contribution in [0.3, 0.4) is 0 Å². The molecule has 0 aromatic rings. The number of allylic oxidation sites excluding steroid dienone is 1. The molecule has 0 spiro atoms. The van der Waals surface area contributed by atoms with Gasteiger partial charge in [0.15, 0.2) is 0 Å². The number of nitriles is 1. The van der Waals surface area contributed by atoms with Gasteiger partial charge in [0.25, 0.3) is 0 Å². The summed E-state index contributed by atoms with van der Waals surface area (Å²) < 4.78 is 4.70. The van der Waals surface area contributed by atoms with Crippen molar-refractivity contribution in [3.8, 4) is 6.07 Å². The highest BCUT2D eigenvalue weighted by Crippen LogP contribution is 2.08. The van der Waals surface area contributed by atoms with Crippen LogP contribution in [-0.4, -0.2) is 12.6 Å². The zero-order valence-electron chi connectivity index (χ0n) is 7.68. The first-order chi connectivity index (χ1) is 5.67. The molecular weight excluding hydrogens is 154 g/mol. The SMILES string of the molecule is CCOC(=O)/C(C#N)=C(/C)CC. The van der Waals surface area contributed by atoms with Crippen LogP contribution in [0, 0.1) is 11.3 Å². The highest BCUT2D eigenvalue weighted by molar-refractivity contribution is 5.93. The third kappa shape index (κ3) is 2.75. The quantitative estimate of drug-likeness (QED) is 0.366. The zero-order valence-corrected chi connectivity index (χ0v) is 7.68. The van der Waals surface area contributed by atoms with Crippen LogP contribution < -0.4 is 0 Å². The minimum atomic E-state index is -0.514. The predicted molar refractivity (Wildman–Crippen MR) is 45.2 cm³/mol. The summed E-state index contributed by atoms with van der Waals surface area (Å²) in [6.45, 7) is 5.68. The fourth-order valence-corrected chi connectivity index (χ4v) is 0.695. The number of rotatable bonds is 3. The molecule has 0 saturated heterocycles. The van der Waals surface area contributed by atoms with Crippen LogP contribution in [0.25, 0.3) is 0 Å². The lowest BCUT2D eigenvalue weighted by Crippen LogP contribution is -2.07. The smallest absolute Gasteiger partial charge is 0.348 e. The van der Waals surface area contributed by atoms with Crippen molar-refractivity contribution in [2.24, 2.45) is 0 Å². The summed E-state index contributed by atoms with van der Waals surface area (Å²) in [6, 6.07) is 1.84. The standard InChI is InChI=1S/C9H13NO2/c1-4-7(3)8(6-10)9(11)12-5-2/h4-5H2,1-3H3/b8-7-. The van der Waals surface area contributed by atoms with E-state index in [4.69, 9.17) is 10.00 Å². The molecule has 0 saturated carbocycles. The van der Waals surface area contributed by atoms with Gasteiger partial charge in [-0.25, -0.2) is 4.79 Å². The van der Waals surface area contributed by atoms with Crippen molar-refractivity contribution in [3.63, 3.8) is 0 Å². The van der Waals surface area contributed by atoms with Gasteiger partial charge in [0, 0.05) is 0 Å². The van der Waals surface area contributed by atoms with Crippen LogP contribution in [0.2, 0.25) is 0 Å². The van der Waals surface area contributed by atoms with Crippen LogP contribution in [0.1, 0.15) is 27.2 Å². The monoisotopic (exact) mass is 167 g/mol. The Labute approximate surface area is 72.6 Å². The molecule has 0 heterocycles. The van der Waals surface area contributed by atoms with Gasteiger partial charge >= 0.3 is 5.97 Å². The molecule has 0 aliphatic heterocycles. The molecule has 0 rings (SSSR count). The number of ether oxygens (including phenoxy) is 1. The topological polar surface area (TPSA) is 50.1 Å². The molecule has 0 aromatic carbocycles. The Bertz CT molecular complexity index is 235. The second-order valence-electron chi connectivity index (χ2n) is 2.34. The maximum absolute atomic E-state index is 11.1. The van der Waals surface area contributed by atoms with E-state index in [-0.39, 0.29) is 5.57 Å². The van der Waals surface area contributed by atoms with Crippen LogP contribution in [0.15, 0.2) is 11.1 Å². The third-order valence-electron chi connectivity index (χ3n) is 1.55. The second kappa shape index (κ2) is 5.36. The van der Waals surface area contributed by atoms with Gasteiger partial charge in [0.1, 0.15) is 11.6 Å². The van der Waals surface area contributed by atoms with Crippen molar-refractivity contribution < 1.29 is 9.53 Å². The largest absolute Gasteiger partial charge is 0.462 e. The van der Waals surface area contributed by atoms with Crippen molar-refractivity contribution in [2.75, 3.05) is 6.61 Å². The van der Waals surface area contributed by atoms with E-state index in [2.05, 4.69) is 0 Å². The lowest BCUT2D eigenvalue weighted by Gasteiger charge is -2.01. The van der Waals surface area contributed by atoms with Crippen molar-refractivity contribution >= 4 is 5.97 Å². The first kappa shape index (κ1) is 10.7. The average molecular weight is 167 g/mol. The minimum absolute atomic E-state index is 0.138. The average Bonchev–Trinajstić information content (AvgIpc) is 2.06. The van der Waals surface area contributed by atoms with E-state index in [0.717, 1.165) is 5.57 Å². The maximum Gasteiger partial charge on any atom is 0.348 e. The van der Waals surface area contributed by atoms with Crippen LogP contribution in [-0.2, 0) is 9.53 Å². The van der Waals surface area contributed by atoms with Crippen molar-refractivity contribution in [1.82, 2.24) is 0 Å². The van der Waals surface area contributed by atoms with Crippen molar-refractivity contribution in [1.29, 1.82) is 5.26 Å². The normalized spacial score (nSPS) is 11.5. The summed E-state index contributed by atoms with van der Waals surface area (Å²) in [5.74, 6) is -0.514. The van der Waals surface area contributed by atoms with Gasteiger partial charge in [-0.1, -0.05) is 6.92 Å². The summed E-state index contributed by atoms with van der Waals surface area (Å²) in [4.78, 5) is 11.1. The van der Waals surface area contributed by atoms with Crippen molar-refractivity contribution in [3.05, 3.63) is 11.1 Å².